The molecule has 6 nitrogen and oxygen atoms in total. The van der Waals surface area contributed by atoms with Gasteiger partial charge in [-0.15, -0.1) is 0 Å². The van der Waals surface area contributed by atoms with Crippen LogP contribution in [0.5, 0.6) is 5.75 Å². The Morgan fingerprint density at radius 1 is 1.25 bits per heavy atom. The van der Waals surface area contributed by atoms with E-state index >= 15 is 0 Å². The summed E-state index contributed by atoms with van der Waals surface area (Å²) in [6.07, 6.45) is -0.849. The van der Waals surface area contributed by atoms with Crippen LogP contribution in [0.3, 0.4) is 0 Å². The summed E-state index contributed by atoms with van der Waals surface area (Å²) in [5.74, 6) is -0.0907. The summed E-state index contributed by atoms with van der Waals surface area (Å²) >= 11 is 12.0. The summed E-state index contributed by atoms with van der Waals surface area (Å²) in [6, 6.07) is 9.16. The number of nitro benzene ring substituents is 1. The van der Waals surface area contributed by atoms with Gasteiger partial charge in [0.2, 0.25) is 0 Å². The molecule has 24 heavy (non-hydrogen) atoms. The number of halogens is 2. The molecule has 126 valence electrons. The molecule has 0 aliphatic heterocycles. The van der Waals surface area contributed by atoms with Crippen molar-refractivity contribution in [2.45, 2.75) is 20.0 Å². The number of aryl methyl sites for hydroxylation is 1. The molecule has 8 heteroatoms. The van der Waals surface area contributed by atoms with Crippen LogP contribution in [0.2, 0.25) is 10.0 Å². The van der Waals surface area contributed by atoms with Gasteiger partial charge in [0.25, 0.3) is 11.6 Å². The van der Waals surface area contributed by atoms with E-state index in [0.29, 0.717) is 27.0 Å². The molecular weight excluding hydrogens is 355 g/mol. The van der Waals surface area contributed by atoms with E-state index in [1.165, 1.54) is 18.2 Å². The van der Waals surface area contributed by atoms with E-state index in [4.69, 9.17) is 27.9 Å². The Kier molecular flexibility index (Phi) is 5.64. The predicted octanol–water partition coefficient (Wildman–Crippen LogP) is 4.62. The maximum Gasteiger partial charge on any atom is 0.272 e. The average Bonchev–Trinajstić information content (AvgIpc) is 2.50. The Morgan fingerprint density at radius 2 is 1.88 bits per heavy atom. The Hall–Kier alpha value is -2.31. The summed E-state index contributed by atoms with van der Waals surface area (Å²) in [5.41, 5.74) is 0.739. The van der Waals surface area contributed by atoms with Crippen LogP contribution in [0.4, 0.5) is 11.4 Å². The molecule has 0 aliphatic carbocycles. The van der Waals surface area contributed by atoms with Gasteiger partial charge in [-0.05, 0) is 38.1 Å². The van der Waals surface area contributed by atoms with Gasteiger partial charge in [-0.3, -0.25) is 14.9 Å². The van der Waals surface area contributed by atoms with Crippen molar-refractivity contribution in [2.24, 2.45) is 0 Å². The second kappa shape index (κ2) is 7.51. The van der Waals surface area contributed by atoms with E-state index in [-0.39, 0.29) is 5.69 Å². The lowest BCUT2D eigenvalue weighted by Crippen LogP contribution is -2.30. The van der Waals surface area contributed by atoms with Gasteiger partial charge in [0, 0.05) is 11.6 Å². The molecule has 0 radical (unpaired) electrons. The van der Waals surface area contributed by atoms with Crippen molar-refractivity contribution >= 4 is 40.5 Å². The molecule has 0 fully saturated rings. The normalized spacial score (nSPS) is 11.7. The molecule has 0 saturated heterocycles. The summed E-state index contributed by atoms with van der Waals surface area (Å²) in [7, 11) is 0. The molecule has 1 N–H and O–H groups in total. The van der Waals surface area contributed by atoms with Crippen LogP contribution in [0, 0.1) is 17.0 Å². The molecule has 2 rings (SSSR count). The smallest absolute Gasteiger partial charge is 0.272 e. The van der Waals surface area contributed by atoms with Crippen LogP contribution in [-0.2, 0) is 4.79 Å². The number of nitrogens with zero attached hydrogens (tertiary/aromatic N) is 1. The van der Waals surface area contributed by atoms with Gasteiger partial charge in [0.15, 0.2) is 6.10 Å². The number of nitro groups is 1. The summed E-state index contributed by atoms with van der Waals surface area (Å²) < 4.78 is 5.52. The molecule has 1 amide bonds. The second-order valence-corrected chi connectivity index (χ2v) is 5.87. The van der Waals surface area contributed by atoms with Gasteiger partial charge in [0.1, 0.15) is 5.75 Å². The zero-order chi connectivity index (χ0) is 17.9. The van der Waals surface area contributed by atoms with Gasteiger partial charge >= 0.3 is 0 Å². The molecule has 0 heterocycles. The van der Waals surface area contributed by atoms with Crippen molar-refractivity contribution in [3.63, 3.8) is 0 Å². The van der Waals surface area contributed by atoms with Gasteiger partial charge in [-0.1, -0.05) is 29.3 Å². The van der Waals surface area contributed by atoms with Crippen LogP contribution < -0.4 is 10.1 Å². The maximum atomic E-state index is 12.2. The van der Waals surface area contributed by atoms with Gasteiger partial charge in [0.05, 0.1) is 20.7 Å². The zero-order valence-corrected chi connectivity index (χ0v) is 14.4. The fraction of sp³-hybridized carbons (Fsp3) is 0.188. The van der Waals surface area contributed by atoms with E-state index in [9.17, 15) is 14.9 Å². The number of nitrogens with one attached hydrogen (secondary N) is 1. The van der Waals surface area contributed by atoms with Crippen molar-refractivity contribution < 1.29 is 14.5 Å². The largest absolute Gasteiger partial charge is 0.481 e. The van der Waals surface area contributed by atoms with E-state index in [2.05, 4.69) is 5.32 Å². The van der Waals surface area contributed by atoms with E-state index in [0.717, 1.165) is 0 Å². The topological polar surface area (TPSA) is 81.5 Å². The molecular formula is C16H14Cl2N2O4. The van der Waals surface area contributed by atoms with E-state index in [1.54, 1.807) is 32.0 Å². The minimum absolute atomic E-state index is 0.0118. The lowest BCUT2D eigenvalue weighted by atomic mass is 10.2. The number of para-hydroxylation sites is 1. The summed E-state index contributed by atoms with van der Waals surface area (Å²) in [6.45, 7) is 3.15. The molecule has 0 bridgehead atoms. The maximum absolute atomic E-state index is 12.2. The third-order valence-electron chi connectivity index (χ3n) is 3.26. The average molecular weight is 369 g/mol. The van der Waals surface area contributed by atoms with Gasteiger partial charge in [-0.25, -0.2) is 0 Å². The molecule has 2 aromatic rings. The fourth-order valence-electron chi connectivity index (χ4n) is 2.01. The monoisotopic (exact) mass is 368 g/mol. The van der Waals surface area contributed by atoms with Crippen LogP contribution >= 0.6 is 23.2 Å². The number of carbonyl (C=O) groups is 1. The first-order chi connectivity index (χ1) is 11.3. The number of ether oxygens (including phenoxy) is 1. The number of amides is 1. The molecule has 0 aromatic heterocycles. The van der Waals surface area contributed by atoms with E-state index in [1.807, 2.05) is 0 Å². The van der Waals surface area contributed by atoms with Crippen molar-refractivity contribution in [1.29, 1.82) is 0 Å². The van der Waals surface area contributed by atoms with Crippen LogP contribution in [0.1, 0.15) is 12.5 Å². The first-order valence-electron chi connectivity index (χ1n) is 6.96. The quantitative estimate of drug-likeness (QED) is 0.616. The molecule has 0 aliphatic rings. The highest BCUT2D eigenvalue weighted by Gasteiger charge is 2.19. The summed E-state index contributed by atoms with van der Waals surface area (Å²) in [4.78, 5) is 22.5. The Balaban J connectivity index is 2.09. The van der Waals surface area contributed by atoms with Crippen LogP contribution in [0.15, 0.2) is 36.4 Å². The third kappa shape index (κ3) is 4.15. The molecule has 0 saturated carbocycles. The van der Waals surface area contributed by atoms with Crippen molar-refractivity contribution in [3.8, 4) is 5.75 Å². The van der Waals surface area contributed by atoms with Crippen molar-refractivity contribution in [3.05, 3.63) is 62.1 Å². The third-order valence-corrected chi connectivity index (χ3v) is 3.89. The molecule has 1 atom stereocenters. The number of hydrogen-bond acceptors (Lipinski definition) is 4. The lowest BCUT2D eigenvalue weighted by molar-refractivity contribution is -0.385. The highest BCUT2D eigenvalue weighted by Crippen LogP contribution is 2.30. The fourth-order valence-corrected chi connectivity index (χ4v) is 2.50. The minimum Gasteiger partial charge on any atom is -0.481 e. The second-order valence-electron chi connectivity index (χ2n) is 5.05. The van der Waals surface area contributed by atoms with Gasteiger partial charge in [-0.2, -0.15) is 0 Å². The van der Waals surface area contributed by atoms with Crippen LogP contribution in [0.25, 0.3) is 0 Å². The van der Waals surface area contributed by atoms with Crippen molar-refractivity contribution in [1.82, 2.24) is 0 Å². The first kappa shape index (κ1) is 18.0. The Labute approximate surface area is 148 Å². The lowest BCUT2D eigenvalue weighted by Gasteiger charge is -2.16. The Bertz CT molecular complexity index is 775. The van der Waals surface area contributed by atoms with E-state index < -0.39 is 16.9 Å². The number of carbonyl (C=O) groups excluding carboxylic acids is 1. The zero-order valence-electron chi connectivity index (χ0n) is 12.9. The summed E-state index contributed by atoms with van der Waals surface area (Å²) in [5, 5.41) is 14.0. The number of benzene rings is 2. The van der Waals surface area contributed by atoms with Crippen molar-refractivity contribution in [2.75, 3.05) is 5.32 Å². The van der Waals surface area contributed by atoms with Crippen LogP contribution in [-0.4, -0.2) is 16.9 Å². The number of hydrogen-bond donors (Lipinski definition) is 1. The highest BCUT2D eigenvalue weighted by atomic mass is 35.5. The van der Waals surface area contributed by atoms with Gasteiger partial charge < -0.3 is 10.1 Å². The number of rotatable bonds is 5. The first-order valence-corrected chi connectivity index (χ1v) is 7.71. The Morgan fingerprint density at radius 3 is 2.42 bits per heavy atom. The molecule has 2 aromatic carbocycles. The minimum atomic E-state index is -0.849. The molecule has 0 unspecified atom stereocenters. The number of anilines is 1. The standard InChI is InChI=1S/C16H14Cl2N2O4/c1-9-8-11(6-7-14(9)20(22)23)24-10(2)16(21)19-15-12(17)4-3-5-13(15)18/h3-8,10H,1-2H3,(H,19,21)/t10-/m0/s1. The molecule has 0 spiro atoms. The highest BCUT2D eigenvalue weighted by molar-refractivity contribution is 6.39. The SMILES string of the molecule is Cc1cc(O[C@@H](C)C(=O)Nc2c(Cl)cccc2Cl)ccc1[N+](=O)[O-]. The predicted molar refractivity (Wildman–Crippen MR) is 93.0 cm³/mol.